The van der Waals surface area contributed by atoms with Gasteiger partial charge in [0, 0.05) is 19.3 Å². The molecule has 0 aromatic rings. The molecule has 6 heteroatoms. The van der Waals surface area contributed by atoms with Crippen LogP contribution in [-0.4, -0.2) is 37.2 Å². The van der Waals surface area contributed by atoms with Crippen LogP contribution in [0.3, 0.4) is 0 Å². The van der Waals surface area contributed by atoms with Crippen molar-refractivity contribution in [3.05, 3.63) is 170 Å². The van der Waals surface area contributed by atoms with Crippen molar-refractivity contribution in [1.82, 2.24) is 0 Å². The van der Waals surface area contributed by atoms with E-state index in [4.69, 9.17) is 14.2 Å². The van der Waals surface area contributed by atoms with Crippen LogP contribution < -0.4 is 0 Å². The molecule has 0 aromatic carbocycles. The SMILES string of the molecule is CC/C=C\C/C=C\C/C=C\C/C=C\C/C=C\C/C=C\C/C=C\C/C=C\C/C=C\C/C=C\CCCCCCC(=O)OCC(COC(=O)CCCCCCC/C=C\CCC)OC(=O)CCCCCCCCC/C=C\C/C=C\C/C=C\CC. The number of unbranched alkanes of at least 4 members (excludes halogenated alkanes) is 17. The zero-order valence-corrected chi connectivity index (χ0v) is 51.3. The molecule has 0 N–H and O–H groups in total. The maximum Gasteiger partial charge on any atom is 0.306 e. The molecule has 0 aromatic heterocycles. The van der Waals surface area contributed by atoms with Gasteiger partial charge in [-0.15, -0.1) is 0 Å². The quantitative estimate of drug-likeness (QED) is 0.0261. The van der Waals surface area contributed by atoms with E-state index in [2.05, 4.69) is 191 Å². The molecule has 0 fully saturated rings. The highest BCUT2D eigenvalue weighted by Gasteiger charge is 2.19. The second-order valence-corrected chi connectivity index (χ2v) is 20.5. The summed E-state index contributed by atoms with van der Waals surface area (Å²) in [7, 11) is 0. The van der Waals surface area contributed by atoms with E-state index in [0.29, 0.717) is 19.3 Å². The predicted octanol–water partition coefficient (Wildman–Crippen LogP) is 22.3. The summed E-state index contributed by atoms with van der Waals surface area (Å²) in [5.41, 5.74) is 0. The molecule has 80 heavy (non-hydrogen) atoms. The molecule has 0 aliphatic carbocycles. The molecule has 0 rings (SSSR count). The first kappa shape index (κ1) is 74.8. The molecule has 0 amide bonds. The Morgan fingerprint density at radius 1 is 0.263 bits per heavy atom. The Balaban J connectivity index is 4.30. The lowest BCUT2D eigenvalue weighted by Crippen LogP contribution is -2.30. The van der Waals surface area contributed by atoms with E-state index >= 15 is 0 Å². The summed E-state index contributed by atoms with van der Waals surface area (Å²) in [5, 5.41) is 0. The molecule has 0 aliphatic rings. The molecule has 0 saturated heterocycles. The number of hydrogen-bond donors (Lipinski definition) is 0. The van der Waals surface area contributed by atoms with E-state index < -0.39 is 6.10 Å². The van der Waals surface area contributed by atoms with E-state index in [-0.39, 0.29) is 31.1 Å². The summed E-state index contributed by atoms with van der Waals surface area (Å²) >= 11 is 0. The summed E-state index contributed by atoms with van der Waals surface area (Å²) in [6.45, 7) is 6.30. The minimum atomic E-state index is -0.805. The minimum absolute atomic E-state index is 0.101. The van der Waals surface area contributed by atoms with Crippen LogP contribution in [0.15, 0.2) is 170 Å². The topological polar surface area (TPSA) is 78.9 Å². The van der Waals surface area contributed by atoms with Gasteiger partial charge in [0.1, 0.15) is 13.2 Å². The lowest BCUT2D eigenvalue weighted by Gasteiger charge is -2.18. The zero-order valence-electron chi connectivity index (χ0n) is 51.3. The van der Waals surface area contributed by atoms with Crippen LogP contribution in [0.5, 0.6) is 0 Å². The maximum absolute atomic E-state index is 12.9. The molecular formula is C74H116O6. The Morgan fingerprint density at radius 2 is 0.487 bits per heavy atom. The van der Waals surface area contributed by atoms with Crippen molar-refractivity contribution in [3.63, 3.8) is 0 Å². The van der Waals surface area contributed by atoms with Gasteiger partial charge < -0.3 is 14.2 Å². The largest absolute Gasteiger partial charge is 0.462 e. The van der Waals surface area contributed by atoms with Gasteiger partial charge in [0.25, 0.3) is 0 Å². The highest BCUT2D eigenvalue weighted by Crippen LogP contribution is 2.14. The van der Waals surface area contributed by atoms with Crippen LogP contribution in [-0.2, 0) is 28.6 Å². The summed E-state index contributed by atoms with van der Waals surface area (Å²) in [4.78, 5) is 38.2. The Hall–Kier alpha value is -5.23. The molecule has 448 valence electrons. The van der Waals surface area contributed by atoms with Crippen molar-refractivity contribution >= 4 is 17.9 Å². The van der Waals surface area contributed by atoms with Crippen LogP contribution in [0.25, 0.3) is 0 Å². The van der Waals surface area contributed by atoms with E-state index in [1.165, 1.54) is 38.5 Å². The Morgan fingerprint density at radius 3 is 0.775 bits per heavy atom. The van der Waals surface area contributed by atoms with Gasteiger partial charge in [0.2, 0.25) is 0 Å². The highest BCUT2D eigenvalue weighted by atomic mass is 16.6. The van der Waals surface area contributed by atoms with Crippen molar-refractivity contribution in [1.29, 1.82) is 0 Å². The van der Waals surface area contributed by atoms with Gasteiger partial charge in [-0.3, -0.25) is 14.4 Å². The van der Waals surface area contributed by atoms with Crippen molar-refractivity contribution < 1.29 is 28.6 Å². The first-order valence-corrected chi connectivity index (χ1v) is 32.1. The average Bonchev–Trinajstić information content (AvgIpc) is 3.46. The van der Waals surface area contributed by atoms with Gasteiger partial charge in [-0.25, -0.2) is 0 Å². The average molecular weight is 1100 g/mol. The first-order chi connectivity index (χ1) is 39.5. The van der Waals surface area contributed by atoms with Crippen molar-refractivity contribution in [3.8, 4) is 0 Å². The molecule has 1 unspecified atom stereocenters. The smallest absolute Gasteiger partial charge is 0.306 e. The normalized spacial score (nSPS) is 13.3. The van der Waals surface area contributed by atoms with Crippen molar-refractivity contribution in [2.24, 2.45) is 0 Å². The molecule has 0 heterocycles. The third-order valence-electron chi connectivity index (χ3n) is 12.9. The monoisotopic (exact) mass is 1100 g/mol. The van der Waals surface area contributed by atoms with Gasteiger partial charge in [-0.2, -0.15) is 0 Å². The van der Waals surface area contributed by atoms with E-state index in [1.54, 1.807) is 0 Å². The number of rotatable bonds is 56. The number of allylic oxidation sites excluding steroid dienone is 28. The number of carbonyl (C=O) groups is 3. The van der Waals surface area contributed by atoms with Gasteiger partial charge in [-0.1, -0.05) is 262 Å². The standard InChI is InChI=1S/C74H116O6/c1-4-7-10-13-16-19-22-24-26-28-29-30-31-32-33-34-35-36-37-38-39-40-41-42-43-44-45-47-48-50-52-55-58-61-64-67-73(76)79-70-71(69-78-72(75)66-63-60-57-54-21-18-15-12-9-6-3)80-74(77)68-65-62-59-56-53-51-49-46-27-25-23-20-17-14-11-8-5-2/h7-8,10-12,15-17,19-20,24-27,29-30,32-33,35-36,38-39,41-42,44-45,48,50,71H,4-6,9,13-14,18,21-23,28,31,34,37,40,43,46-47,49,51-70H2,1-3H3/b10-7-,11-8-,15-12-,19-16-,20-17-,26-24-,27-25-,30-29-,33-32-,36-35-,39-38-,42-41-,45-44-,50-48-. The number of ether oxygens (including phenoxy) is 3. The first-order valence-electron chi connectivity index (χ1n) is 32.1. The van der Waals surface area contributed by atoms with Gasteiger partial charge in [-0.05, 0) is 148 Å². The number of carbonyl (C=O) groups excluding carboxylic acids is 3. The molecule has 1 atom stereocenters. The van der Waals surface area contributed by atoms with Gasteiger partial charge in [0.05, 0.1) is 0 Å². The molecule has 0 bridgehead atoms. The molecule has 0 radical (unpaired) electrons. The lowest BCUT2D eigenvalue weighted by molar-refractivity contribution is -0.167. The summed E-state index contributed by atoms with van der Waals surface area (Å²) < 4.78 is 16.8. The fraction of sp³-hybridized carbons (Fsp3) is 0.581. The Kier molecular flexibility index (Phi) is 61.9. The zero-order chi connectivity index (χ0) is 57.8. The number of hydrogen-bond acceptors (Lipinski definition) is 6. The minimum Gasteiger partial charge on any atom is -0.462 e. The molecule has 0 aliphatic heterocycles. The molecule has 0 spiro atoms. The van der Waals surface area contributed by atoms with Crippen LogP contribution in [0, 0.1) is 0 Å². The predicted molar refractivity (Wildman–Crippen MR) is 348 cm³/mol. The van der Waals surface area contributed by atoms with Crippen LogP contribution in [0.1, 0.15) is 258 Å². The second kappa shape index (κ2) is 66.3. The third-order valence-corrected chi connectivity index (χ3v) is 12.9. The second-order valence-electron chi connectivity index (χ2n) is 20.5. The van der Waals surface area contributed by atoms with Gasteiger partial charge in [0.15, 0.2) is 6.10 Å². The maximum atomic E-state index is 12.9. The van der Waals surface area contributed by atoms with Crippen LogP contribution in [0.2, 0.25) is 0 Å². The van der Waals surface area contributed by atoms with E-state index in [9.17, 15) is 14.4 Å². The molecule has 6 nitrogen and oxygen atoms in total. The number of esters is 3. The third kappa shape index (κ3) is 63.6. The molecule has 0 saturated carbocycles. The van der Waals surface area contributed by atoms with Crippen LogP contribution in [0.4, 0.5) is 0 Å². The summed E-state index contributed by atoms with van der Waals surface area (Å²) in [5.74, 6) is -0.954. The lowest BCUT2D eigenvalue weighted by atomic mass is 10.1. The molecular weight excluding hydrogens is 985 g/mol. The van der Waals surface area contributed by atoms with Crippen molar-refractivity contribution in [2.45, 2.75) is 264 Å². The fourth-order valence-electron chi connectivity index (χ4n) is 8.19. The van der Waals surface area contributed by atoms with E-state index in [0.717, 1.165) is 180 Å². The van der Waals surface area contributed by atoms with E-state index in [1.807, 2.05) is 0 Å². The van der Waals surface area contributed by atoms with Crippen LogP contribution >= 0.6 is 0 Å². The van der Waals surface area contributed by atoms with Gasteiger partial charge >= 0.3 is 17.9 Å². The Bertz CT molecular complexity index is 1840. The summed E-state index contributed by atoms with van der Waals surface area (Å²) in [6, 6.07) is 0. The fourth-order valence-corrected chi connectivity index (χ4v) is 8.19. The van der Waals surface area contributed by atoms with Crippen molar-refractivity contribution in [2.75, 3.05) is 13.2 Å². The Labute approximate surface area is 492 Å². The highest BCUT2D eigenvalue weighted by molar-refractivity contribution is 5.71. The summed E-state index contributed by atoms with van der Waals surface area (Å²) in [6.07, 6.45) is 98.0.